The van der Waals surface area contributed by atoms with E-state index in [1.807, 2.05) is 22.8 Å². The van der Waals surface area contributed by atoms with Crippen LogP contribution in [0.15, 0.2) is 6.20 Å². The lowest BCUT2D eigenvalue weighted by Gasteiger charge is -2.34. The number of aromatic nitrogens is 2. The summed E-state index contributed by atoms with van der Waals surface area (Å²) in [7, 11) is 1.96. The van der Waals surface area contributed by atoms with Gasteiger partial charge in [-0.15, -0.1) is 0 Å². The van der Waals surface area contributed by atoms with E-state index in [1.54, 1.807) is 0 Å². The minimum atomic E-state index is -0.110. The van der Waals surface area contributed by atoms with Gasteiger partial charge in [-0.2, -0.15) is 5.10 Å². The van der Waals surface area contributed by atoms with Crippen LogP contribution in [-0.2, 0) is 18.3 Å². The molecule has 1 aliphatic carbocycles. The van der Waals surface area contributed by atoms with E-state index in [1.165, 1.54) is 5.69 Å². The van der Waals surface area contributed by atoms with Crippen LogP contribution in [0.2, 0.25) is 0 Å². The van der Waals surface area contributed by atoms with Crippen molar-refractivity contribution < 1.29 is 9.59 Å². The van der Waals surface area contributed by atoms with Crippen LogP contribution in [0.1, 0.15) is 69.7 Å². The molecule has 2 heterocycles. The van der Waals surface area contributed by atoms with Crippen molar-refractivity contribution in [2.45, 2.75) is 70.9 Å². The average molecular weight is 376 g/mol. The van der Waals surface area contributed by atoms with Gasteiger partial charge >= 0.3 is 6.03 Å². The van der Waals surface area contributed by atoms with Gasteiger partial charge in [-0.1, -0.05) is 13.8 Å². The Labute approximate surface area is 161 Å². The first-order chi connectivity index (χ1) is 13.0. The predicted molar refractivity (Wildman–Crippen MR) is 104 cm³/mol. The Hall–Kier alpha value is -2.05. The van der Waals surface area contributed by atoms with Crippen molar-refractivity contribution in [3.63, 3.8) is 0 Å². The second-order valence-corrected chi connectivity index (χ2v) is 7.85. The van der Waals surface area contributed by atoms with Gasteiger partial charge in [0.25, 0.3) is 0 Å². The molecule has 0 aromatic carbocycles. The first-order valence-electron chi connectivity index (χ1n) is 10.4. The summed E-state index contributed by atoms with van der Waals surface area (Å²) in [5.41, 5.74) is 2.37. The average Bonchev–Trinajstić information content (AvgIpc) is 3.05. The van der Waals surface area contributed by atoms with E-state index >= 15 is 0 Å². The standard InChI is InChI=1S/C20H33N5O2/c1-4-14(5-2)19(26)25-11-9-15(10-12-25)22-20(27)23-17-7-6-8-18-16(17)13-21-24(18)3/h13-15,17H,4-12H2,1-3H3,(H2,22,23,27)/t17-/m0/s1. The summed E-state index contributed by atoms with van der Waals surface area (Å²) in [6.07, 6.45) is 8.35. The molecule has 7 nitrogen and oxygen atoms in total. The van der Waals surface area contributed by atoms with Crippen molar-refractivity contribution in [2.75, 3.05) is 13.1 Å². The molecule has 0 saturated carbocycles. The van der Waals surface area contributed by atoms with Crippen molar-refractivity contribution in [2.24, 2.45) is 13.0 Å². The number of nitrogens with zero attached hydrogens (tertiary/aromatic N) is 3. The van der Waals surface area contributed by atoms with Gasteiger partial charge in [-0.05, 0) is 44.9 Å². The maximum Gasteiger partial charge on any atom is 0.315 e. The van der Waals surface area contributed by atoms with Gasteiger partial charge in [-0.3, -0.25) is 9.48 Å². The molecule has 0 radical (unpaired) electrons. The number of hydrogen-bond donors (Lipinski definition) is 2. The summed E-state index contributed by atoms with van der Waals surface area (Å²) in [6, 6.07) is 0.0631. The van der Waals surface area contributed by atoms with Crippen LogP contribution in [0, 0.1) is 5.92 Å². The van der Waals surface area contributed by atoms with E-state index in [-0.39, 0.29) is 29.9 Å². The normalized spacial score (nSPS) is 20.4. The highest BCUT2D eigenvalue weighted by Gasteiger charge is 2.29. The summed E-state index contributed by atoms with van der Waals surface area (Å²) in [5, 5.41) is 10.6. The van der Waals surface area contributed by atoms with Crippen LogP contribution in [-0.4, -0.2) is 45.8 Å². The molecule has 1 aliphatic heterocycles. The SMILES string of the molecule is CCC(CC)C(=O)N1CCC(NC(=O)N[C@H]2CCCc3c2cnn3C)CC1. The zero-order valence-corrected chi connectivity index (χ0v) is 16.8. The second-order valence-electron chi connectivity index (χ2n) is 7.85. The van der Waals surface area contributed by atoms with Gasteiger partial charge in [0.15, 0.2) is 0 Å². The molecule has 0 spiro atoms. The van der Waals surface area contributed by atoms with Crippen molar-refractivity contribution in [1.82, 2.24) is 25.3 Å². The number of amides is 3. The van der Waals surface area contributed by atoms with E-state index in [0.29, 0.717) is 0 Å². The summed E-state index contributed by atoms with van der Waals surface area (Å²) >= 11 is 0. The summed E-state index contributed by atoms with van der Waals surface area (Å²) in [6.45, 7) is 5.61. The third-order valence-corrected chi connectivity index (χ3v) is 6.16. The fourth-order valence-electron chi connectivity index (χ4n) is 4.38. The van der Waals surface area contributed by atoms with Crippen LogP contribution >= 0.6 is 0 Å². The van der Waals surface area contributed by atoms with Crippen molar-refractivity contribution in [3.05, 3.63) is 17.5 Å². The van der Waals surface area contributed by atoms with Gasteiger partial charge in [0.1, 0.15) is 0 Å². The molecule has 1 fully saturated rings. The Balaban J connectivity index is 1.47. The fourth-order valence-corrected chi connectivity index (χ4v) is 4.38. The molecule has 1 saturated heterocycles. The summed E-state index contributed by atoms with van der Waals surface area (Å²) < 4.78 is 1.91. The Kier molecular flexibility index (Phi) is 6.39. The second kappa shape index (κ2) is 8.76. The van der Waals surface area contributed by atoms with E-state index in [2.05, 4.69) is 29.6 Å². The Morgan fingerprint density at radius 1 is 1.19 bits per heavy atom. The number of aryl methyl sites for hydroxylation is 1. The number of carbonyl (C=O) groups is 2. The van der Waals surface area contributed by atoms with E-state index in [9.17, 15) is 9.59 Å². The smallest absolute Gasteiger partial charge is 0.315 e. The molecule has 7 heteroatoms. The minimum absolute atomic E-state index is 0.0407. The van der Waals surface area contributed by atoms with E-state index in [0.717, 1.165) is 63.6 Å². The molecule has 3 rings (SSSR count). The van der Waals surface area contributed by atoms with Gasteiger partial charge in [0.2, 0.25) is 5.91 Å². The fraction of sp³-hybridized carbons (Fsp3) is 0.750. The van der Waals surface area contributed by atoms with Crippen LogP contribution < -0.4 is 10.6 Å². The van der Waals surface area contributed by atoms with E-state index < -0.39 is 0 Å². The quantitative estimate of drug-likeness (QED) is 0.830. The monoisotopic (exact) mass is 375 g/mol. The van der Waals surface area contributed by atoms with Crippen molar-refractivity contribution >= 4 is 11.9 Å². The lowest BCUT2D eigenvalue weighted by Crippen LogP contribution is -2.50. The van der Waals surface area contributed by atoms with Crippen LogP contribution in [0.5, 0.6) is 0 Å². The highest BCUT2D eigenvalue weighted by molar-refractivity contribution is 5.79. The molecular formula is C20H33N5O2. The minimum Gasteiger partial charge on any atom is -0.342 e. The van der Waals surface area contributed by atoms with Crippen LogP contribution in [0.3, 0.4) is 0 Å². The molecule has 1 aromatic heterocycles. The maximum absolute atomic E-state index is 12.5. The molecule has 0 bridgehead atoms. The molecule has 1 aromatic rings. The zero-order valence-electron chi connectivity index (χ0n) is 16.8. The number of fused-ring (bicyclic) bond motifs is 1. The first kappa shape index (κ1) is 19.7. The summed E-state index contributed by atoms with van der Waals surface area (Å²) in [5.74, 6) is 0.409. The molecule has 2 N–H and O–H groups in total. The summed E-state index contributed by atoms with van der Waals surface area (Å²) in [4.78, 5) is 26.9. The molecule has 2 aliphatic rings. The Morgan fingerprint density at radius 2 is 1.89 bits per heavy atom. The number of urea groups is 1. The number of rotatable bonds is 5. The lowest BCUT2D eigenvalue weighted by atomic mass is 9.93. The third kappa shape index (κ3) is 4.45. The van der Waals surface area contributed by atoms with Crippen molar-refractivity contribution in [3.8, 4) is 0 Å². The van der Waals surface area contributed by atoms with Crippen molar-refractivity contribution in [1.29, 1.82) is 0 Å². The third-order valence-electron chi connectivity index (χ3n) is 6.16. The lowest BCUT2D eigenvalue weighted by molar-refractivity contribution is -0.136. The maximum atomic E-state index is 12.5. The Morgan fingerprint density at radius 3 is 2.56 bits per heavy atom. The highest BCUT2D eigenvalue weighted by atomic mass is 16.2. The molecule has 27 heavy (non-hydrogen) atoms. The topological polar surface area (TPSA) is 79.3 Å². The van der Waals surface area contributed by atoms with Gasteiger partial charge < -0.3 is 15.5 Å². The predicted octanol–water partition coefficient (Wildman–Crippen LogP) is 2.52. The number of nitrogens with one attached hydrogen (secondary N) is 2. The molecule has 150 valence electrons. The number of carbonyl (C=O) groups excluding carboxylic acids is 2. The van der Waals surface area contributed by atoms with Crippen LogP contribution in [0.4, 0.5) is 4.79 Å². The largest absolute Gasteiger partial charge is 0.342 e. The van der Waals surface area contributed by atoms with Crippen LogP contribution in [0.25, 0.3) is 0 Å². The molecule has 1 atom stereocenters. The number of likely N-dealkylation sites (tertiary alicyclic amines) is 1. The van der Waals surface area contributed by atoms with Gasteiger partial charge in [-0.25, -0.2) is 4.79 Å². The van der Waals surface area contributed by atoms with Gasteiger partial charge in [0.05, 0.1) is 12.2 Å². The van der Waals surface area contributed by atoms with E-state index in [4.69, 9.17) is 0 Å². The molecule has 0 unspecified atom stereocenters. The molecular weight excluding hydrogens is 342 g/mol. The van der Waals surface area contributed by atoms with Gasteiger partial charge in [0, 0.05) is 43.4 Å². The molecule has 3 amide bonds. The Bertz CT molecular complexity index is 659. The highest BCUT2D eigenvalue weighted by Crippen LogP contribution is 2.29. The zero-order chi connectivity index (χ0) is 19.4. The number of piperidine rings is 1. The first-order valence-corrected chi connectivity index (χ1v) is 10.4. The number of hydrogen-bond acceptors (Lipinski definition) is 3.